The Bertz CT molecular complexity index is 781. The minimum absolute atomic E-state index is 0. The summed E-state index contributed by atoms with van der Waals surface area (Å²) in [4.78, 5) is 15.8. The Labute approximate surface area is 175 Å². The van der Waals surface area contributed by atoms with Gasteiger partial charge in [-0.2, -0.15) is 0 Å². The van der Waals surface area contributed by atoms with Gasteiger partial charge in [-0.1, -0.05) is 17.7 Å². The van der Waals surface area contributed by atoms with E-state index >= 15 is 0 Å². The Hall–Kier alpha value is -2.03. The molecule has 0 saturated carbocycles. The van der Waals surface area contributed by atoms with E-state index in [0.29, 0.717) is 12.1 Å². The van der Waals surface area contributed by atoms with Crippen LogP contribution in [0.4, 0.5) is 5.69 Å². The second kappa shape index (κ2) is 10.5. The number of aromatic hydroxyl groups is 1. The lowest BCUT2D eigenvalue weighted by atomic mass is 10.0. The van der Waals surface area contributed by atoms with Crippen LogP contribution in [0.15, 0.2) is 42.5 Å². The lowest BCUT2D eigenvalue weighted by molar-refractivity contribution is 0.0995. The molecule has 1 aliphatic heterocycles. The number of amides is 1. The Balaban J connectivity index is 0.00000196. The lowest BCUT2D eigenvalue weighted by Gasteiger charge is -2.37. The second-order valence-corrected chi connectivity index (χ2v) is 6.86. The molecule has 0 spiro atoms. The topological polar surface area (TPSA) is 122 Å². The van der Waals surface area contributed by atoms with Crippen molar-refractivity contribution >= 4 is 35.6 Å². The van der Waals surface area contributed by atoms with Crippen LogP contribution in [0, 0.1) is 0 Å². The molecule has 0 bridgehead atoms. The van der Waals surface area contributed by atoms with Crippen molar-refractivity contribution in [2.24, 2.45) is 5.73 Å². The number of hydrogen-bond donors (Lipinski definition) is 3. The molecule has 28 heavy (non-hydrogen) atoms. The van der Waals surface area contributed by atoms with Crippen LogP contribution in [0.1, 0.15) is 22.0 Å². The fourth-order valence-electron chi connectivity index (χ4n) is 3.15. The van der Waals surface area contributed by atoms with Crippen LogP contribution in [0.3, 0.4) is 0 Å². The average molecular weight is 430 g/mol. The molecule has 6 N–H and O–H groups in total. The number of carbonyl (C=O) groups is 1. The molecular formula is C19H25Cl2N3O4. The normalized spacial score (nSPS) is 15.3. The van der Waals surface area contributed by atoms with E-state index in [4.69, 9.17) is 17.3 Å². The third-order valence-corrected chi connectivity index (χ3v) is 4.92. The minimum Gasteiger partial charge on any atom is -0.507 e. The maximum atomic E-state index is 11.3. The number of anilines is 1. The summed E-state index contributed by atoms with van der Waals surface area (Å²) in [6.07, 6.45) is -0.754. The monoisotopic (exact) mass is 429 g/mol. The third-order valence-electron chi connectivity index (χ3n) is 4.67. The molecule has 1 saturated heterocycles. The zero-order valence-corrected chi connectivity index (χ0v) is 16.8. The number of β-amino-alcohol motifs (C(OH)–C–C–N with tert-alkyl or cyclic N) is 1. The largest absolute Gasteiger partial charge is 0.507 e. The van der Waals surface area contributed by atoms with Crippen molar-refractivity contribution in [2.75, 3.05) is 37.6 Å². The van der Waals surface area contributed by atoms with Gasteiger partial charge in [0.15, 0.2) is 0 Å². The number of halogens is 2. The van der Waals surface area contributed by atoms with Crippen LogP contribution in [0.5, 0.6) is 5.75 Å². The number of benzene rings is 2. The van der Waals surface area contributed by atoms with E-state index in [1.807, 2.05) is 24.3 Å². The summed E-state index contributed by atoms with van der Waals surface area (Å²) in [6.45, 7) is 3.81. The highest BCUT2D eigenvalue weighted by atomic mass is 35.5. The number of nitrogens with two attached hydrogens (primary N) is 1. The molecule has 1 unspecified atom stereocenters. The van der Waals surface area contributed by atoms with Gasteiger partial charge in [-0.05, 0) is 42.0 Å². The summed E-state index contributed by atoms with van der Waals surface area (Å²) in [5, 5.41) is 20.9. The SMILES string of the molecule is Cl.NC(=O)c1cc(C(O)CN2CCN(c3ccc(Cl)cc3)CC2)ccc1O.O. The smallest absolute Gasteiger partial charge is 0.252 e. The molecule has 2 aromatic carbocycles. The summed E-state index contributed by atoms with van der Waals surface area (Å²) in [6, 6.07) is 12.2. The number of aliphatic hydroxyl groups excluding tert-OH is 1. The molecule has 1 aliphatic rings. The number of piperazine rings is 1. The highest BCUT2D eigenvalue weighted by Crippen LogP contribution is 2.24. The summed E-state index contributed by atoms with van der Waals surface area (Å²) < 4.78 is 0. The molecule has 7 nitrogen and oxygen atoms in total. The number of phenols is 1. The van der Waals surface area contributed by atoms with E-state index in [2.05, 4.69) is 9.80 Å². The number of hydrogen-bond acceptors (Lipinski definition) is 5. The predicted molar refractivity (Wildman–Crippen MR) is 113 cm³/mol. The Morgan fingerprint density at radius 1 is 1.11 bits per heavy atom. The molecule has 3 rings (SSSR count). The maximum Gasteiger partial charge on any atom is 0.252 e. The summed E-state index contributed by atoms with van der Waals surface area (Å²) in [5.41, 5.74) is 6.97. The molecule has 1 fully saturated rings. The first kappa shape index (κ1) is 24.0. The fourth-order valence-corrected chi connectivity index (χ4v) is 3.27. The van der Waals surface area contributed by atoms with Crippen molar-refractivity contribution in [2.45, 2.75) is 6.10 Å². The van der Waals surface area contributed by atoms with E-state index in [-0.39, 0.29) is 29.2 Å². The van der Waals surface area contributed by atoms with Crippen LogP contribution in [0.25, 0.3) is 0 Å². The molecule has 1 amide bonds. The Morgan fingerprint density at radius 2 is 1.71 bits per heavy atom. The highest BCUT2D eigenvalue weighted by molar-refractivity contribution is 6.30. The number of primary amides is 1. The molecule has 0 aromatic heterocycles. The van der Waals surface area contributed by atoms with Gasteiger partial charge in [0.05, 0.1) is 11.7 Å². The number of carbonyl (C=O) groups excluding carboxylic acids is 1. The fraction of sp³-hybridized carbons (Fsp3) is 0.316. The molecule has 9 heteroatoms. The van der Waals surface area contributed by atoms with Crippen molar-refractivity contribution in [3.63, 3.8) is 0 Å². The first-order valence-corrected chi connectivity index (χ1v) is 8.85. The van der Waals surface area contributed by atoms with E-state index in [9.17, 15) is 15.0 Å². The van der Waals surface area contributed by atoms with Crippen molar-refractivity contribution in [1.29, 1.82) is 0 Å². The van der Waals surface area contributed by atoms with Crippen molar-refractivity contribution in [3.8, 4) is 5.75 Å². The van der Waals surface area contributed by atoms with Crippen molar-refractivity contribution in [3.05, 3.63) is 58.6 Å². The summed E-state index contributed by atoms with van der Waals surface area (Å²) >= 11 is 5.93. The predicted octanol–water partition coefficient (Wildman–Crippen LogP) is 1.60. The van der Waals surface area contributed by atoms with Gasteiger partial charge < -0.3 is 26.3 Å². The van der Waals surface area contributed by atoms with Gasteiger partial charge in [0.1, 0.15) is 5.75 Å². The minimum atomic E-state index is -0.754. The zero-order chi connectivity index (χ0) is 18.7. The molecule has 0 aliphatic carbocycles. The van der Waals surface area contributed by atoms with Crippen LogP contribution >= 0.6 is 24.0 Å². The van der Waals surface area contributed by atoms with Gasteiger partial charge in [-0.25, -0.2) is 0 Å². The molecule has 2 aromatic rings. The number of aliphatic hydroxyl groups is 1. The number of rotatable bonds is 5. The van der Waals surface area contributed by atoms with Gasteiger partial charge in [0.25, 0.3) is 5.91 Å². The Morgan fingerprint density at radius 3 is 2.29 bits per heavy atom. The van der Waals surface area contributed by atoms with E-state index in [0.717, 1.165) is 36.9 Å². The van der Waals surface area contributed by atoms with Gasteiger partial charge in [-0.15, -0.1) is 12.4 Å². The quantitative estimate of drug-likeness (QED) is 0.665. The third kappa shape index (κ3) is 5.73. The van der Waals surface area contributed by atoms with Gasteiger partial charge >= 0.3 is 0 Å². The molecular weight excluding hydrogens is 405 g/mol. The van der Waals surface area contributed by atoms with E-state index < -0.39 is 12.0 Å². The lowest BCUT2D eigenvalue weighted by Crippen LogP contribution is -2.47. The Kier molecular flexibility index (Phi) is 9.00. The standard InChI is InChI=1S/C19H22ClN3O3.ClH.H2O/c20-14-2-4-15(5-3-14)23-9-7-22(8-10-23)12-18(25)13-1-6-17(24)16(11-13)19(21)26;;/h1-6,11,18,24-25H,7-10,12H2,(H2,21,26);1H;1H2. The first-order valence-electron chi connectivity index (χ1n) is 8.47. The first-order chi connectivity index (χ1) is 12.4. The average Bonchev–Trinajstić information content (AvgIpc) is 2.63. The van der Waals surface area contributed by atoms with Gasteiger partial charge in [0.2, 0.25) is 0 Å². The van der Waals surface area contributed by atoms with Crippen LogP contribution in [0.2, 0.25) is 5.02 Å². The van der Waals surface area contributed by atoms with Crippen molar-refractivity contribution < 1.29 is 20.5 Å². The zero-order valence-electron chi connectivity index (χ0n) is 15.2. The van der Waals surface area contributed by atoms with Crippen LogP contribution in [-0.4, -0.2) is 59.2 Å². The molecule has 1 heterocycles. The highest BCUT2D eigenvalue weighted by Gasteiger charge is 2.21. The van der Waals surface area contributed by atoms with E-state index in [1.54, 1.807) is 6.07 Å². The second-order valence-electron chi connectivity index (χ2n) is 6.42. The van der Waals surface area contributed by atoms with Crippen LogP contribution < -0.4 is 10.6 Å². The maximum absolute atomic E-state index is 11.3. The molecule has 154 valence electrons. The molecule has 0 radical (unpaired) electrons. The summed E-state index contributed by atoms with van der Waals surface area (Å²) in [7, 11) is 0. The number of nitrogens with zero attached hydrogens (tertiary/aromatic N) is 2. The van der Waals surface area contributed by atoms with Gasteiger partial charge in [0, 0.05) is 43.4 Å². The molecule has 1 atom stereocenters. The summed E-state index contributed by atoms with van der Waals surface area (Å²) in [5.74, 6) is -0.891. The van der Waals surface area contributed by atoms with Gasteiger partial charge in [-0.3, -0.25) is 9.69 Å². The van der Waals surface area contributed by atoms with Crippen LogP contribution in [-0.2, 0) is 0 Å². The van der Waals surface area contributed by atoms with E-state index in [1.165, 1.54) is 12.1 Å². The van der Waals surface area contributed by atoms with Crippen molar-refractivity contribution in [1.82, 2.24) is 4.90 Å².